The smallest absolute Gasteiger partial charge is 0.270 e. The molecule has 0 atom stereocenters. The number of rotatable bonds is 6. The number of nitro groups is 1. The number of hydrogen-bond donors (Lipinski definition) is 1. The van der Waals surface area contributed by atoms with Crippen LogP contribution in [0.1, 0.15) is 10.4 Å². The Kier molecular flexibility index (Phi) is 5.42. The van der Waals surface area contributed by atoms with E-state index < -0.39 is 10.8 Å². The maximum atomic E-state index is 11.9. The fourth-order valence-electron chi connectivity index (χ4n) is 1.77. The van der Waals surface area contributed by atoms with Crippen LogP contribution in [0.3, 0.4) is 0 Å². The number of ether oxygens (including phenoxy) is 1. The van der Waals surface area contributed by atoms with Crippen LogP contribution in [0.25, 0.3) is 0 Å². The number of nitro benzene ring substituents is 1. The molecule has 0 saturated heterocycles. The summed E-state index contributed by atoms with van der Waals surface area (Å²) >= 11 is 3.30. The van der Waals surface area contributed by atoms with Crippen LogP contribution < -0.4 is 10.1 Å². The number of benzene rings is 2. The van der Waals surface area contributed by atoms with Gasteiger partial charge in [-0.15, -0.1) is 0 Å². The van der Waals surface area contributed by atoms with E-state index in [0.717, 1.165) is 10.5 Å². The van der Waals surface area contributed by atoms with Crippen LogP contribution in [-0.2, 0) is 4.79 Å². The summed E-state index contributed by atoms with van der Waals surface area (Å²) < 4.78 is 5.98. The van der Waals surface area contributed by atoms with E-state index in [2.05, 4.69) is 21.2 Å². The van der Waals surface area contributed by atoms with Gasteiger partial charge in [0.05, 0.1) is 16.2 Å². The summed E-state index contributed by atoms with van der Waals surface area (Å²) in [6, 6.07) is 10.6. The summed E-state index contributed by atoms with van der Waals surface area (Å²) in [5.41, 5.74) is 0.366. The SMILES string of the molecule is O=Cc1cc([N+](=O)[O-])ccc1OCC(=O)Nc1ccccc1Br. The first-order chi connectivity index (χ1) is 11.0. The summed E-state index contributed by atoms with van der Waals surface area (Å²) in [4.78, 5) is 32.9. The lowest BCUT2D eigenvalue weighted by Crippen LogP contribution is -2.20. The Balaban J connectivity index is 2.03. The zero-order chi connectivity index (χ0) is 16.8. The molecule has 2 aromatic rings. The zero-order valence-corrected chi connectivity index (χ0v) is 13.3. The summed E-state index contributed by atoms with van der Waals surface area (Å²) in [7, 11) is 0. The molecule has 1 amide bonds. The van der Waals surface area contributed by atoms with E-state index in [1.165, 1.54) is 12.1 Å². The second kappa shape index (κ2) is 7.50. The van der Waals surface area contributed by atoms with Gasteiger partial charge in [0.25, 0.3) is 11.6 Å². The topological polar surface area (TPSA) is 98.5 Å². The van der Waals surface area contributed by atoms with E-state index in [1.54, 1.807) is 18.2 Å². The van der Waals surface area contributed by atoms with Gasteiger partial charge in [-0.1, -0.05) is 12.1 Å². The third-order valence-electron chi connectivity index (χ3n) is 2.84. The van der Waals surface area contributed by atoms with Crippen LogP contribution in [0, 0.1) is 10.1 Å². The van der Waals surface area contributed by atoms with Crippen LogP contribution >= 0.6 is 15.9 Å². The van der Waals surface area contributed by atoms with E-state index in [4.69, 9.17) is 4.74 Å². The van der Waals surface area contributed by atoms with Crippen LogP contribution in [0.5, 0.6) is 5.75 Å². The number of amides is 1. The molecule has 2 rings (SSSR count). The van der Waals surface area contributed by atoms with Gasteiger partial charge in [-0.25, -0.2) is 0 Å². The molecule has 7 nitrogen and oxygen atoms in total. The van der Waals surface area contributed by atoms with E-state index in [-0.39, 0.29) is 23.6 Å². The first kappa shape index (κ1) is 16.6. The number of nitrogens with one attached hydrogen (secondary N) is 1. The standard InChI is InChI=1S/C15H11BrN2O5/c16-12-3-1-2-4-13(12)17-15(20)9-23-14-6-5-11(18(21)22)7-10(14)8-19/h1-8H,9H2,(H,17,20). The Hall–Kier alpha value is -2.74. The zero-order valence-electron chi connectivity index (χ0n) is 11.7. The van der Waals surface area contributed by atoms with Crippen molar-refractivity contribution in [2.45, 2.75) is 0 Å². The number of carbonyl (C=O) groups excluding carboxylic acids is 2. The van der Waals surface area contributed by atoms with Crippen molar-refractivity contribution < 1.29 is 19.2 Å². The summed E-state index contributed by atoms with van der Waals surface area (Å²) in [6.07, 6.45) is 0.439. The molecule has 0 aliphatic carbocycles. The molecule has 0 unspecified atom stereocenters. The van der Waals surface area contributed by atoms with Crippen molar-refractivity contribution in [3.63, 3.8) is 0 Å². The Morgan fingerprint density at radius 3 is 2.70 bits per heavy atom. The van der Waals surface area contributed by atoms with Gasteiger partial charge in [-0.05, 0) is 34.1 Å². The van der Waals surface area contributed by atoms with Crippen LogP contribution in [0.2, 0.25) is 0 Å². The number of halogens is 1. The minimum Gasteiger partial charge on any atom is -0.483 e. The molecule has 23 heavy (non-hydrogen) atoms. The van der Waals surface area contributed by atoms with Crippen molar-refractivity contribution in [3.05, 3.63) is 62.6 Å². The minimum absolute atomic E-state index is 0.00731. The number of hydrogen-bond acceptors (Lipinski definition) is 5. The predicted molar refractivity (Wildman–Crippen MR) is 86.8 cm³/mol. The van der Waals surface area contributed by atoms with Crippen molar-refractivity contribution in [1.82, 2.24) is 0 Å². The fourth-order valence-corrected chi connectivity index (χ4v) is 2.15. The Morgan fingerprint density at radius 1 is 1.30 bits per heavy atom. The maximum absolute atomic E-state index is 11.9. The van der Waals surface area contributed by atoms with Gasteiger partial charge in [-0.3, -0.25) is 19.7 Å². The molecule has 0 radical (unpaired) electrons. The third kappa shape index (κ3) is 4.36. The molecular formula is C15H11BrN2O5. The molecule has 0 saturated carbocycles. The van der Waals surface area contributed by atoms with Gasteiger partial charge in [0.1, 0.15) is 5.75 Å². The number of aldehydes is 1. The number of nitrogens with zero attached hydrogens (tertiary/aromatic N) is 1. The highest BCUT2D eigenvalue weighted by atomic mass is 79.9. The molecule has 2 aromatic carbocycles. The van der Waals surface area contributed by atoms with E-state index >= 15 is 0 Å². The van der Waals surface area contributed by atoms with E-state index in [1.807, 2.05) is 6.07 Å². The normalized spacial score (nSPS) is 9.96. The number of non-ortho nitro benzene ring substituents is 1. The molecule has 0 aromatic heterocycles. The highest BCUT2D eigenvalue weighted by Gasteiger charge is 2.13. The van der Waals surface area contributed by atoms with Crippen molar-refractivity contribution >= 4 is 39.5 Å². The second-order valence-corrected chi connectivity index (χ2v) is 5.27. The summed E-state index contributed by atoms with van der Waals surface area (Å²) in [5, 5.41) is 13.3. The van der Waals surface area contributed by atoms with Crippen LogP contribution in [-0.4, -0.2) is 23.7 Å². The highest BCUT2D eigenvalue weighted by molar-refractivity contribution is 9.10. The predicted octanol–water partition coefficient (Wildman–Crippen LogP) is 3.19. The lowest BCUT2D eigenvalue weighted by Gasteiger charge is -2.10. The van der Waals surface area contributed by atoms with Gasteiger partial charge >= 0.3 is 0 Å². The molecular weight excluding hydrogens is 368 g/mol. The minimum atomic E-state index is -0.615. The number of anilines is 1. The molecule has 118 valence electrons. The fraction of sp³-hybridized carbons (Fsp3) is 0.0667. The van der Waals surface area contributed by atoms with Crippen molar-refractivity contribution in [2.24, 2.45) is 0 Å². The first-order valence-electron chi connectivity index (χ1n) is 6.42. The Morgan fingerprint density at radius 2 is 2.04 bits per heavy atom. The number of carbonyl (C=O) groups is 2. The molecule has 0 aliphatic rings. The van der Waals surface area contributed by atoms with E-state index in [9.17, 15) is 19.7 Å². The molecule has 1 N–H and O–H groups in total. The van der Waals surface area contributed by atoms with Crippen LogP contribution in [0.4, 0.5) is 11.4 Å². The summed E-state index contributed by atoms with van der Waals surface area (Å²) in [6.45, 7) is -0.333. The molecule has 8 heteroatoms. The van der Waals surface area contributed by atoms with Gasteiger partial charge < -0.3 is 10.1 Å². The van der Waals surface area contributed by atoms with Gasteiger partial charge in [0.2, 0.25) is 0 Å². The van der Waals surface area contributed by atoms with Crippen LogP contribution in [0.15, 0.2) is 46.9 Å². The van der Waals surface area contributed by atoms with E-state index in [0.29, 0.717) is 12.0 Å². The van der Waals surface area contributed by atoms with Gasteiger partial charge in [0.15, 0.2) is 12.9 Å². The van der Waals surface area contributed by atoms with Crippen molar-refractivity contribution in [3.8, 4) is 5.75 Å². The van der Waals surface area contributed by atoms with Gasteiger partial charge in [0, 0.05) is 16.6 Å². The molecule has 0 spiro atoms. The number of para-hydroxylation sites is 1. The Bertz CT molecular complexity index is 763. The summed E-state index contributed by atoms with van der Waals surface area (Å²) in [5.74, 6) is -0.319. The average Bonchev–Trinajstić information content (AvgIpc) is 2.54. The highest BCUT2D eigenvalue weighted by Crippen LogP contribution is 2.23. The van der Waals surface area contributed by atoms with Crippen molar-refractivity contribution in [1.29, 1.82) is 0 Å². The van der Waals surface area contributed by atoms with Gasteiger partial charge in [-0.2, -0.15) is 0 Å². The molecule has 0 bridgehead atoms. The van der Waals surface area contributed by atoms with Crippen molar-refractivity contribution in [2.75, 3.05) is 11.9 Å². The lowest BCUT2D eigenvalue weighted by atomic mass is 10.2. The third-order valence-corrected chi connectivity index (χ3v) is 3.53. The average molecular weight is 379 g/mol. The molecule has 0 heterocycles. The second-order valence-electron chi connectivity index (χ2n) is 4.41. The maximum Gasteiger partial charge on any atom is 0.270 e. The first-order valence-corrected chi connectivity index (χ1v) is 7.21. The molecule has 0 aliphatic heterocycles. The Labute approximate surface area is 139 Å². The quantitative estimate of drug-likeness (QED) is 0.472. The molecule has 0 fully saturated rings. The largest absolute Gasteiger partial charge is 0.483 e. The monoisotopic (exact) mass is 378 g/mol. The lowest BCUT2D eigenvalue weighted by molar-refractivity contribution is -0.384.